The summed E-state index contributed by atoms with van der Waals surface area (Å²) in [5.74, 6) is -0.187. The van der Waals surface area contributed by atoms with Gasteiger partial charge in [0.15, 0.2) is 0 Å². The van der Waals surface area contributed by atoms with Gasteiger partial charge in [-0.1, -0.05) is 30.3 Å². The fraction of sp³-hybridized carbons (Fsp3) is 0.409. The van der Waals surface area contributed by atoms with E-state index in [4.69, 9.17) is 0 Å². The van der Waals surface area contributed by atoms with Crippen LogP contribution in [0.5, 0.6) is 0 Å². The number of amides is 1. The normalized spacial score (nSPS) is 16.1. The van der Waals surface area contributed by atoms with Crippen molar-refractivity contribution in [3.8, 4) is 0 Å². The first-order valence-electron chi connectivity index (χ1n) is 9.71. The van der Waals surface area contributed by atoms with Crippen molar-refractivity contribution in [2.45, 2.75) is 45.4 Å². The molecule has 0 aliphatic carbocycles. The highest BCUT2D eigenvalue weighted by Crippen LogP contribution is 2.19. The average Bonchev–Trinajstić information content (AvgIpc) is 3.20. The molecule has 150 valence electrons. The SMILES string of the molecule is Cc1ccc([C@H](C)NC(=O)c2ccc(CS(=O)(=O)N3CCCC3)cc2)cc1C. The number of nitrogens with one attached hydrogen (secondary N) is 1. The lowest BCUT2D eigenvalue weighted by Gasteiger charge is -2.17. The first kappa shape index (κ1) is 20.6. The average molecular weight is 401 g/mol. The molecule has 0 radical (unpaired) electrons. The van der Waals surface area contributed by atoms with Gasteiger partial charge in [-0.25, -0.2) is 12.7 Å². The summed E-state index contributed by atoms with van der Waals surface area (Å²) in [5, 5.41) is 3.01. The Morgan fingerprint density at radius 2 is 1.68 bits per heavy atom. The summed E-state index contributed by atoms with van der Waals surface area (Å²) in [7, 11) is -3.28. The lowest BCUT2D eigenvalue weighted by molar-refractivity contribution is 0.0940. The molecule has 2 aromatic rings. The fourth-order valence-electron chi connectivity index (χ4n) is 3.42. The van der Waals surface area contributed by atoms with Gasteiger partial charge in [-0.3, -0.25) is 4.79 Å². The van der Waals surface area contributed by atoms with E-state index < -0.39 is 10.0 Å². The Morgan fingerprint density at radius 1 is 1.04 bits per heavy atom. The van der Waals surface area contributed by atoms with Crippen LogP contribution < -0.4 is 5.32 Å². The van der Waals surface area contributed by atoms with Gasteiger partial charge < -0.3 is 5.32 Å². The Balaban J connectivity index is 1.63. The maximum Gasteiger partial charge on any atom is 0.251 e. The van der Waals surface area contributed by atoms with Crippen LogP contribution in [0, 0.1) is 13.8 Å². The number of hydrogen-bond donors (Lipinski definition) is 1. The van der Waals surface area contributed by atoms with Crippen molar-refractivity contribution < 1.29 is 13.2 Å². The summed E-state index contributed by atoms with van der Waals surface area (Å²) < 4.78 is 26.4. The maximum atomic E-state index is 12.5. The van der Waals surface area contributed by atoms with Crippen LogP contribution in [0.2, 0.25) is 0 Å². The largest absolute Gasteiger partial charge is 0.346 e. The van der Waals surface area contributed by atoms with Gasteiger partial charge in [0.1, 0.15) is 0 Å². The topological polar surface area (TPSA) is 66.5 Å². The molecule has 5 nitrogen and oxygen atoms in total. The highest BCUT2D eigenvalue weighted by molar-refractivity contribution is 7.88. The molecule has 1 atom stereocenters. The van der Waals surface area contributed by atoms with Gasteiger partial charge in [0.2, 0.25) is 10.0 Å². The van der Waals surface area contributed by atoms with Gasteiger partial charge in [0.25, 0.3) is 5.91 Å². The molecule has 1 saturated heterocycles. The second-order valence-corrected chi connectivity index (χ2v) is 9.57. The van der Waals surface area contributed by atoms with Crippen molar-refractivity contribution in [2.24, 2.45) is 0 Å². The summed E-state index contributed by atoms with van der Waals surface area (Å²) >= 11 is 0. The van der Waals surface area contributed by atoms with Crippen molar-refractivity contribution >= 4 is 15.9 Å². The van der Waals surface area contributed by atoms with Gasteiger partial charge in [-0.2, -0.15) is 0 Å². The molecule has 2 aromatic carbocycles. The lowest BCUT2D eigenvalue weighted by Crippen LogP contribution is -2.29. The highest BCUT2D eigenvalue weighted by Gasteiger charge is 2.25. The van der Waals surface area contributed by atoms with Crippen molar-refractivity contribution in [1.82, 2.24) is 9.62 Å². The number of aryl methyl sites for hydroxylation is 2. The molecular formula is C22H28N2O3S. The van der Waals surface area contributed by atoms with E-state index in [0.717, 1.165) is 18.4 Å². The zero-order valence-electron chi connectivity index (χ0n) is 16.7. The molecule has 0 unspecified atom stereocenters. The first-order chi connectivity index (χ1) is 13.3. The summed E-state index contributed by atoms with van der Waals surface area (Å²) in [6.45, 7) is 7.30. The van der Waals surface area contributed by atoms with Crippen LogP contribution in [0.4, 0.5) is 0 Å². The molecule has 0 aromatic heterocycles. The molecule has 1 heterocycles. The molecule has 1 aliphatic heterocycles. The van der Waals surface area contributed by atoms with Crippen molar-refractivity contribution in [3.63, 3.8) is 0 Å². The first-order valence-corrected chi connectivity index (χ1v) is 11.3. The van der Waals surface area contributed by atoms with E-state index in [1.807, 2.05) is 13.0 Å². The van der Waals surface area contributed by atoms with Crippen LogP contribution in [0.3, 0.4) is 0 Å². The van der Waals surface area contributed by atoms with Gasteiger partial charge >= 0.3 is 0 Å². The Morgan fingerprint density at radius 3 is 2.29 bits per heavy atom. The Hall–Kier alpha value is -2.18. The molecule has 3 rings (SSSR count). The minimum atomic E-state index is -3.28. The second kappa shape index (κ2) is 8.45. The molecule has 6 heteroatoms. The third-order valence-corrected chi connectivity index (χ3v) is 7.25. The van der Waals surface area contributed by atoms with Crippen LogP contribution in [0.1, 0.15) is 58.4 Å². The highest BCUT2D eigenvalue weighted by atomic mass is 32.2. The maximum absolute atomic E-state index is 12.5. The van der Waals surface area contributed by atoms with Crippen LogP contribution >= 0.6 is 0 Å². The zero-order valence-corrected chi connectivity index (χ0v) is 17.6. The lowest BCUT2D eigenvalue weighted by atomic mass is 10.0. The smallest absolute Gasteiger partial charge is 0.251 e. The van der Waals surface area contributed by atoms with Crippen LogP contribution in [-0.4, -0.2) is 31.7 Å². The number of nitrogens with zero attached hydrogens (tertiary/aromatic N) is 1. The van der Waals surface area contributed by atoms with Crippen molar-refractivity contribution in [1.29, 1.82) is 0 Å². The number of hydrogen-bond acceptors (Lipinski definition) is 3. The number of benzene rings is 2. The standard InChI is InChI=1S/C22H28N2O3S/c1-16-6-9-21(14-17(16)2)18(3)23-22(25)20-10-7-19(8-11-20)15-28(26,27)24-12-4-5-13-24/h6-11,14,18H,4-5,12-13,15H2,1-3H3,(H,23,25)/t18-/m0/s1. The van der Waals surface area contributed by atoms with Crippen molar-refractivity contribution in [2.75, 3.05) is 13.1 Å². The van der Waals surface area contributed by atoms with E-state index >= 15 is 0 Å². The number of rotatable bonds is 6. The van der Waals surface area contributed by atoms with Gasteiger partial charge in [0.05, 0.1) is 11.8 Å². The second-order valence-electron chi connectivity index (χ2n) is 7.60. The summed E-state index contributed by atoms with van der Waals surface area (Å²) in [6.07, 6.45) is 1.86. The Kier molecular flexibility index (Phi) is 6.20. The number of sulfonamides is 1. The van der Waals surface area contributed by atoms with Gasteiger partial charge in [-0.05, 0) is 68.0 Å². The molecule has 0 bridgehead atoms. The summed E-state index contributed by atoms with van der Waals surface area (Å²) in [5.41, 5.74) is 4.71. The van der Waals surface area contributed by atoms with E-state index in [2.05, 4.69) is 31.3 Å². The molecule has 1 aliphatic rings. The summed E-state index contributed by atoms with van der Waals surface area (Å²) in [6, 6.07) is 12.9. The van der Waals surface area contributed by atoms with E-state index in [1.54, 1.807) is 28.6 Å². The molecule has 1 N–H and O–H groups in total. The number of carbonyl (C=O) groups excluding carboxylic acids is 1. The minimum absolute atomic E-state index is 0.0199. The Bertz CT molecular complexity index is 946. The third kappa shape index (κ3) is 4.80. The molecule has 28 heavy (non-hydrogen) atoms. The van der Waals surface area contributed by atoms with Crippen LogP contribution in [0.25, 0.3) is 0 Å². The third-order valence-electron chi connectivity index (χ3n) is 5.40. The Labute approximate surface area is 167 Å². The van der Waals surface area contributed by atoms with Crippen LogP contribution in [-0.2, 0) is 15.8 Å². The summed E-state index contributed by atoms with van der Waals surface area (Å²) in [4.78, 5) is 12.5. The minimum Gasteiger partial charge on any atom is -0.346 e. The van der Waals surface area contributed by atoms with E-state index in [1.165, 1.54) is 11.1 Å². The molecule has 0 saturated carbocycles. The van der Waals surface area contributed by atoms with Crippen LogP contribution in [0.15, 0.2) is 42.5 Å². The van der Waals surface area contributed by atoms with Gasteiger partial charge in [0, 0.05) is 18.7 Å². The van der Waals surface area contributed by atoms with Crippen molar-refractivity contribution in [3.05, 3.63) is 70.3 Å². The monoisotopic (exact) mass is 400 g/mol. The molecular weight excluding hydrogens is 372 g/mol. The van der Waals surface area contributed by atoms with E-state index in [9.17, 15) is 13.2 Å². The van der Waals surface area contributed by atoms with E-state index in [0.29, 0.717) is 24.2 Å². The number of carbonyl (C=O) groups is 1. The molecule has 0 spiro atoms. The van der Waals surface area contributed by atoms with E-state index in [-0.39, 0.29) is 17.7 Å². The predicted octanol–water partition coefficient (Wildman–Crippen LogP) is 3.72. The van der Waals surface area contributed by atoms with Gasteiger partial charge in [-0.15, -0.1) is 0 Å². The molecule has 1 amide bonds. The predicted molar refractivity (Wildman–Crippen MR) is 112 cm³/mol. The zero-order chi connectivity index (χ0) is 20.3. The molecule has 1 fully saturated rings. The fourth-order valence-corrected chi connectivity index (χ4v) is 5.03. The quantitative estimate of drug-likeness (QED) is 0.804.